The molecule has 2 heterocycles. The van der Waals surface area contributed by atoms with E-state index in [9.17, 15) is 4.79 Å². The van der Waals surface area contributed by atoms with Crippen molar-refractivity contribution < 1.29 is 9.53 Å². The number of nitrogens with one attached hydrogen (secondary N) is 1. The summed E-state index contributed by atoms with van der Waals surface area (Å²) < 4.78 is 5.44. The van der Waals surface area contributed by atoms with Crippen LogP contribution in [0.15, 0.2) is 0 Å². The maximum Gasteiger partial charge on any atom is 0.239 e. The van der Waals surface area contributed by atoms with Gasteiger partial charge in [0.05, 0.1) is 6.04 Å². The minimum Gasteiger partial charge on any atom is -0.381 e. The van der Waals surface area contributed by atoms with Crippen molar-refractivity contribution >= 4 is 5.91 Å². The van der Waals surface area contributed by atoms with E-state index in [0.717, 1.165) is 39.1 Å². The number of hydrogen-bond donors (Lipinski definition) is 1. The Bertz CT molecular complexity index is 388. The molecule has 0 aromatic rings. The quantitative estimate of drug-likeness (QED) is 0.865. The molecule has 2 saturated heterocycles. The zero-order valence-electron chi connectivity index (χ0n) is 15.0. The van der Waals surface area contributed by atoms with Gasteiger partial charge in [-0.2, -0.15) is 0 Å². The lowest BCUT2D eigenvalue weighted by Crippen LogP contribution is -2.55. The topological polar surface area (TPSA) is 41.6 Å². The number of hydrogen-bond acceptors (Lipinski definition) is 3. The van der Waals surface area contributed by atoms with Gasteiger partial charge in [-0.05, 0) is 49.9 Å². The number of carbonyl (C=O) groups excluding carboxylic acids is 1. The van der Waals surface area contributed by atoms with Crippen LogP contribution in [0.1, 0.15) is 65.2 Å². The van der Waals surface area contributed by atoms with Crippen molar-refractivity contribution in [3.63, 3.8) is 0 Å². The average molecular weight is 322 g/mol. The molecule has 3 rings (SSSR count). The van der Waals surface area contributed by atoms with Crippen LogP contribution >= 0.6 is 0 Å². The molecular formula is C19H34N2O2. The molecule has 1 amide bonds. The second kappa shape index (κ2) is 7.52. The normalized spacial score (nSPS) is 26.8. The molecular weight excluding hydrogens is 288 g/mol. The highest BCUT2D eigenvalue weighted by Gasteiger charge is 2.39. The summed E-state index contributed by atoms with van der Waals surface area (Å²) in [5.41, 5.74) is 0.582. The first kappa shape index (κ1) is 17.2. The van der Waals surface area contributed by atoms with Gasteiger partial charge in [-0.25, -0.2) is 0 Å². The zero-order chi connectivity index (χ0) is 16.3. The Morgan fingerprint density at radius 3 is 2.26 bits per heavy atom. The maximum absolute atomic E-state index is 13.0. The van der Waals surface area contributed by atoms with Gasteiger partial charge in [-0.3, -0.25) is 4.79 Å². The molecule has 1 N–H and O–H groups in total. The Kier molecular flexibility index (Phi) is 5.63. The van der Waals surface area contributed by atoms with Crippen molar-refractivity contribution in [2.45, 2.75) is 77.3 Å². The van der Waals surface area contributed by atoms with Crippen LogP contribution in [0.3, 0.4) is 0 Å². The van der Waals surface area contributed by atoms with Crippen LogP contribution in [-0.4, -0.2) is 49.2 Å². The van der Waals surface area contributed by atoms with Crippen molar-refractivity contribution in [3.05, 3.63) is 0 Å². The largest absolute Gasteiger partial charge is 0.381 e. The summed E-state index contributed by atoms with van der Waals surface area (Å²) in [6.07, 6.45) is 10.1. The van der Waals surface area contributed by atoms with Crippen LogP contribution in [0.25, 0.3) is 0 Å². The molecule has 1 spiro atoms. The molecule has 0 aromatic carbocycles. The van der Waals surface area contributed by atoms with Gasteiger partial charge < -0.3 is 15.0 Å². The Hall–Kier alpha value is -0.610. The van der Waals surface area contributed by atoms with E-state index < -0.39 is 0 Å². The summed E-state index contributed by atoms with van der Waals surface area (Å²) in [5.74, 6) is 0.673. The summed E-state index contributed by atoms with van der Waals surface area (Å²) in [6.45, 7) is 7.91. The third-order valence-corrected chi connectivity index (χ3v) is 6.37. The Labute approximate surface area is 141 Å². The average Bonchev–Trinajstić information content (AvgIpc) is 3.01. The van der Waals surface area contributed by atoms with E-state index in [1.54, 1.807) is 0 Å². The zero-order valence-corrected chi connectivity index (χ0v) is 15.0. The van der Waals surface area contributed by atoms with Gasteiger partial charge in [0.15, 0.2) is 0 Å². The summed E-state index contributed by atoms with van der Waals surface area (Å²) >= 11 is 0. The van der Waals surface area contributed by atoms with E-state index in [2.05, 4.69) is 24.1 Å². The fraction of sp³-hybridized carbons (Fsp3) is 0.947. The summed E-state index contributed by atoms with van der Waals surface area (Å²) in [7, 11) is 0. The van der Waals surface area contributed by atoms with E-state index in [1.165, 1.54) is 38.5 Å². The van der Waals surface area contributed by atoms with Gasteiger partial charge in [0, 0.05) is 32.3 Å². The Morgan fingerprint density at radius 1 is 1.09 bits per heavy atom. The fourth-order valence-corrected chi connectivity index (χ4v) is 4.69. The first-order valence-electron chi connectivity index (χ1n) is 9.72. The van der Waals surface area contributed by atoms with Gasteiger partial charge in [-0.15, -0.1) is 0 Å². The number of carbonyl (C=O) groups is 1. The SMILES string of the molecule is CC(C)C(NC1CCOCC1)C(=O)N1CCC2(CCCC2)CC1. The van der Waals surface area contributed by atoms with Gasteiger partial charge in [0.25, 0.3) is 0 Å². The molecule has 4 nitrogen and oxygen atoms in total. The fourth-order valence-electron chi connectivity index (χ4n) is 4.69. The summed E-state index contributed by atoms with van der Waals surface area (Å²) in [6, 6.07) is 0.404. The summed E-state index contributed by atoms with van der Waals surface area (Å²) in [4.78, 5) is 15.2. The molecule has 0 bridgehead atoms. The second-order valence-electron chi connectivity index (χ2n) is 8.31. The number of rotatable bonds is 4. The number of amides is 1. The molecule has 0 aromatic heterocycles. The first-order valence-corrected chi connectivity index (χ1v) is 9.72. The Morgan fingerprint density at radius 2 is 1.70 bits per heavy atom. The lowest BCUT2D eigenvalue weighted by Gasteiger charge is -2.41. The predicted octanol–water partition coefficient (Wildman–Crippen LogP) is 2.96. The molecule has 1 unspecified atom stereocenters. The highest BCUT2D eigenvalue weighted by Crippen LogP contribution is 2.46. The van der Waals surface area contributed by atoms with Crippen molar-refractivity contribution in [1.82, 2.24) is 10.2 Å². The van der Waals surface area contributed by atoms with E-state index in [-0.39, 0.29) is 6.04 Å². The van der Waals surface area contributed by atoms with Crippen molar-refractivity contribution in [1.29, 1.82) is 0 Å². The minimum absolute atomic E-state index is 0.0317. The van der Waals surface area contributed by atoms with Crippen LogP contribution in [0.2, 0.25) is 0 Å². The number of ether oxygens (including phenoxy) is 1. The summed E-state index contributed by atoms with van der Waals surface area (Å²) in [5, 5.41) is 3.64. The van der Waals surface area contributed by atoms with E-state index in [1.807, 2.05) is 0 Å². The number of piperidine rings is 1. The molecule has 2 aliphatic heterocycles. The van der Waals surface area contributed by atoms with Gasteiger partial charge in [0.1, 0.15) is 0 Å². The van der Waals surface area contributed by atoms with Gasteiger partial charge in [-0.1, -0.05) is 26.7 Å². The van der Waals surface area contributed by atoms with Gasteiger partial charge in [0.2, 0.25) is 5.91 Å². The number of nitrogens with zero attached hydrogens (tertiary/aromatic N) is 1. The van der Waals surface area contributed by atoms with Crippen molar-refractivity contribution in [2.75, 3.05) is 26.3 Å². The second-order valence-corrected chi connectivity index (χ2v) is 8.31. The smallest absolute Gasteiger partial charge is 0.239 e. The molecule has 3 aliphatic rings. The number of likely N-dealkylation sites (tertiary alicyclic amines) is 1. The monoisotopic (exact) mass is 322 g/mol. The third kappa shape index (κ3) is 4.08. The molecule has 1 saturated carbocycles. The van der Waals surface area contributed by atoms with Crippen LogP contribution in [0.5, 0.6) is 0 Å². The third-order valence-electron chi connectivity index (χ3n) is 6.37. The maximum atomic E-state index is 13.0. The van der Waals surface area contributed by atoms with Crippen LogP contribution in [0.4, 0.5) is 0 Å². The molecule has 1 atom stereocenters. The van der Waals surface area contributed by atoms with Crippen LogP contribution in [-0.2, 0) is 9.53 Å². The minimum atomic E-state index is -0.0317. The molecule has 1 aliphatic carbocycles. The van der Waals surface area contributed by atoms with Crippen LogP contribution in [0, 0.1) is 11.3 Å². The van der Waals surface area contributed by atoms with E-state index in [4.69, 9.17) is 4.74 Å². The molecule has 23 heavy (non-hydrogen) atoms. The Balaban J connectivity index is 1.55. The van der Waals surface area contributed by atoms with Crippen molar-refractivity contribution in [2.24, 2.45) is 11.3 Å². The molecule has 3 fully saturated rings. The molecule has 0 radical (unpaired) electrons. The first-order chi connectivity index (χ1) is 11.1. The van der Waals surface area contributed by atoms with Gasteiger partial charge >= 0.3 is 0 Å². The predicted molar refractivity (Wildman–Crippen MR) is 92.3 cm³/mol. The van der Waals surface area contributed by atoms with Crippen LogP contribution < -0.4 is 5.32 Å². The van der Waals surface area contributed by atoms with Crippen molar-refractivity contribution in [3.8, 4) is 0 Å². The molecule has 4 heteroatoms. The highest BCUT2D eigenvalue weighted by atomic mass is 16.5. The highest BCUT2D eigenvalue weighted by molar-refractivity contribution is 5.82. The molecule has 132 valence electrons. The lowest BCUT2D eigenvalue weighted by molar-refractivity contribution is -0.137. The lowest BCUT2D eigenvalue weighted by atomic mass is 9.77. The van der Waals surface area contributed by atoms with E-state index >= 15 is 0 Å². The van der Waals surface area contributed by atoms with E-state index in [0.29, 0.717) is 23.3 Å². The standard InChI is InChI=1S/C19H34N2O2/c1-15(2)17(20-16-5-13-23-14-6-16)18(22)21-11-9-19(10-12-21)7-3-4-8-19/h15-17,20H,3-14H2,1-2H3.